The summed E-state index contributed by atoms with van der Waals surface area (Å²) >= 11 is 5.96. The average molecular weight is 354 g/mol. The average Bonchev–Trinajstić information content (AvgIpc) is 3.03. The van der Waals surface area contributed by atoms with Crippen molar-refractivity contribution in [3.63, 3.8) is 0 Å². The van der Waals surface area contributed by atoms with Gasteiger partial charge < -0.3 is 20.3 Å². The van der Waals surface area contributed by atoms with Crippen molar-refractivity contribution in [3.8, 4) is 0 Å². The Morgan fingerprint density at radius 3 is 2.79 bits per heavy atom. The highest BCUT2D eigenvalue weighted by molar-refractivity contribution is 6.33. The molecule has 0 aromatic heterocycles. The van der Waals surface area contributed by atoms with Crippen molar-refractivity contribution in [1.29, 1.82) is 0 Å². The molecule has 24 heavy (non-hydrogen) atoms. The number of halogens is 1. The zero-order valence-corrected chi connectivity index (χ0v) is 15.0. The number of nitrogens with one attached hydrogen (secondary N) is 2. The van der Waals surface area contributed by atoms with Gasteiger partial charge >= 0.3 is 12.0 Å². The summed E-state index contributed by atoms with van der Waals surface area (Å²) in [6.45, 7) is 7.08. The highest BCUT2D eigenvalue weighted by atomic mass is 35.5. The van der Waals surface area contributed by atoms with Crippen molar-refractivity contribution in [3.05, 3.63) is 28.8 Å². The predicted octanol–water partition coefficient (Wildman–Crippen LogP) is 2.98. The van der Waals surface area contributed by atoms with Crippen LogP contribution in [0.4, 0.5) is 10.5 Å². The van der Waals surface area contributed by atoms with Crippen molar-refractivity contribution in [2.75, 3.05) is 32.1 Å². The molecule has 2 N–H and O–H groups in total. The van der Waals surface area contributed by atoms with E-state index in [1.165, 1.54) is 13.2 Å². The van der Waals surface area contributed by atoms with Crippen molar-refractivity contribution >= 4 is 29.3 Å². The quantitative estimate of drug-likeness (QED) is 0.798. The molecule has 0 bridgehead atoms. The number of hydrogen-bond acceptors (Lipinski definition) is 4. The first-order valence-electron chi connectivity index (χ1n) is 8.07. The number of rotatable bonds is 5. The van der Waals surface area contributed by atoms with Crippen LogP contribution in [0, 0.1) is 5.92 Å². The molecule has 1 aliphatic rings. The summed E-state index contributed by atoms with van der Waals surface area (Å²) in [6, 6.07) is 4.94. The zero-order chi connectivity index (χ0) is 17.7. The van der Waals surface area contributed by atoms with Crippen LogP contribution in [-0.4, -0.2) is 49.7 Å². The van der Waals surface area contributed by atoms with Crippen LogP contribution in [0.2, 0.25) is 5.02 Å². The summed E-state index contributed by atoms with van der Waals surface area (Å²) in [5.41, 5.74) is 0.716. The lowest BCUT2D eigenvalue weighted by molar-refractivity contribution is 0.0601. The maximum atomic E-state index is 12.0. The smallest absolute Gasteiger partial charge is 0.339 e. The third-order valence-electron chi connectivity index (χ3n) is 4.23. The van der Waals surface area contributed by atoms with Gasteiger partial charge in [0.15, 0.2) is 0 Å². The van der Waals surface area contributed by atoms with Crippen LogP contribution in [0.25, 0.3) is 0 Å². The van der Waals surface area contributed by atoms with Gasteiger partial charge in [-0.2, -0.15) is 0 Å². The van der Waals surface area contributed by atoms with Crippen LogP contribution in [0.3, 0.4) is 0 Å². The monoisotopic (exact) mass is 353 g/mol. The first-order chi connectivity index (χ1) is 11.4. The zero-order valence-electron chi connectivity index (χ0n) is 14.3. The molecule has 1 aliphatic heterocycles. The maximum Gasteiger partial charge on any atom is 0.339 e. The predicted molar refractivity (Wildman–Crippen MR) is 94.6 cm³/mol. The van der Waals surface area contributed by atoms with Crippen molar-refractivity contribution in [1.82, 2.24) is 10.2 Å². The molecular weight excluding hydrogens is 330 g/mol. The lowest BCUT2D eigenvalue weighted by Gasteiger charge is -2.20. The first kappa shape index (κ1) is 18.5. The molecule has 6 nitrogen and oxygen atoms in total. The van der Waals surface area contributed by atoms with E-state index in [1.807, 2.05) is 0 Å². The lowest BCUT2D eigenvalue weighted by atomic mass is 10.1. The fourth-order valence-corrected chi connectivity index (χ4v) is 2.97. The number of carbonyl (C=O) groups is 2. The number of amides is 2. The second-order valence-electron chi connectivity index (χ2n) is 6.26. The summed E-state index contributed by atoms with van der Waals surface area (Å²) in [6.07, 6.45) is 1.09. The molecule has 7 heteroatoms. The summed E-state index contributed by atoms with van der Waals surface area (Å²) in [4.78, 5) is 26.1. The fourth-order valence-electron chi connectivity index (χ4n) is 2.78. The molecular formula is C17H24ClN3O3. The van der Waals surface area contributed by atoms with Crippen LogP contribution in [0.5, 0.6) is 0 Å². The molecule has 1 fully saturated rings. The molecule has 0 saturated carbocycles. The number of benzene rings is 1. The van der Waals surface area contributed by atoms with Gasteiger partial charge in [-0.15, -0.1) is 0 Å². The SMILES string of the molecule is COC(=O)c1cc(NC(=O)NCC2CCN(C(C)C)C2)ccc1Cl. The van der Waals surface area contributed by atoms with Gasteiger partial charge in [-0.3, -0.25) is 0 Å². The number of esters is 1. The number of carbonyl (C=O) groups excluding carboxylic acids is 2. The number of methoxy groups -OCH3 is 1. The topological polar surface area (TPSA) is 70.7 Å². The third-order valence-corrected chi connectivity index (χ3v) is 4.56. The largest absolute Gasteiger partial charge is 0.465 e. The second-order valence-corrected chi connectivity index (χ2v) is 6.67. The van der Waals surface area contributed by atoms with Crippen LogP contribution >= 0.6 is 11.6 Å². The number of likely N-dealkylation sites (tertiary alicyclic amines) is 1. The molecule has 1 aromatic carbocycles. The Morgan fingerprint density at radius 1 is 1.42 bits per heavy atom. The van der Waals surface area contributed by atoms with Gasteiger partial charge in [-0.1, -0.05) is 11.6 Å². The van der Waals surface area contributed by atoms with E-state index in [0.717, 1.165) is 19.5 Å². The van der Waals surface area contributed by atoms with E-state index < -0.39 is 5.97 Å². The van der Waals surface area contributed by atoms with Gasteiger partial charge in [0.05, 0.1) is 17.7 Å². The standard InChI is InChI=1S/C17H24ClN3O3/c1-11(2)21-7-6-12(10-21)9-19-17(23)20-13-4-5-15(18)14(8-13)16(22)24-3/h4-5,8,11-12H,6-7,9-10H2,1-3H3,(H2,19,20,23). The van der Waals surface area contributed by atoms with E-state index >= 15 is 0 Å². The number of hydrogen-bond donors (Lipinski definition) is 2. The van der Waals surface area contributed by atoms with E-state index in [4.69, 9.17) is 11.6 Å². The fraction of sp³-hybridized carbons (Fsp3) is 0.529. The Balaban J connectivity index is 1.86. The molecule has 0 spiro atoms. The Labute approximate surface area is 147 Å². The number of nitrogens with zero attached hydrogens (tertiary/aromatic N) is 1. The Morgan fingerprint density at radius 2 is 2.17 bits per heavy atom. The summed E-state index contributed by atoms with van der Waals surface area (Å²) in [7, 11) is 1.29. The molecule has 1 unspecified atom stereocenters. The molecule has 132 valence electrons. The van der Waals surface area contributed by atoms with Crippen LogP contribution in [-0.2, 0) is 4.74 Å². The minimum Gasteiger partial charge on any atom is -0.465 e. The first-order valence-corrected chi connectivity index (χ1v) is 8.45. The molecule has 1 heterocycles. The molecule has 2 amide bonds. The van der Waals surface area contributed by atoms with Gasteiger partial charge in [-0.25, -0.2) is 9.59 Å². The minimum absolute atomic E-state index is 0.223. The second kappa shape index (κ2) is 8.35. The third kappa shape index (κ3) is 4.85. The van der Waals surface area contributed by atoms with Gasteiger partial charge in [0.1, 0.15) is 0 Å². The van der Waals surface area contributed by atoms with E-state index in [2.05, 4.69) is 34.1 Å². The number of ether oxygens (including phenoxy) is 1. The van der Waals surface area contributed by atoms with Crippen molar-refractivity contribution in [2.24, 2.45) is 5.92 Å². The van der Waals surface area contributed by atoms with Crippen molar-refractivity contribution in [2.45, 2.75) is 26.3 Å². The highest BCUT2D eigenvalue weighted by Crippen LogP contribution is 2.21. The summed E-state index contributed by atoms with van der Waals surface area (Å²) < 4.78 is 4.67. The van der Waals surface area contributed by atoms with E-state index in [9.17, 15) is 9.59 Å². The van der Waals surface area contributed by atoms with E-state index in [1.54, 1.807) is 12.1 Å². The molecule has 1 saturated heterocycles. The minimum atomic E-state index is -0.538. The summed E-state index contributed by atoms with van der Waals surface area (Å²) in [5.74, 6) is -0.0715. The molecule has 1 aromatic rings. The Hall–Kier alpha value is -1.79. The number of anilines is 1. The van der Waals surface area contributed by atoms with Gasteiger partial charge in [-0.05, 0) is 50.9 Å². The molecule has 0 aliphatic carbocycles. The van der Waals surface area contributed by atoms with E-state index in [0.29, 0.717) is 24.2 Å². The lowest BCUT2D eigenvalue weighted by Crippen LogP contribution is -2.35. The normalized spacial score (nSPS) is 17.8. The van der Waals surface area contributed by atoms with Crippen LogP contribution < -0.4 is 10.6 Å². The van der Waals surface area contributed by atoms with Gasteiger partial charge in [0.25, 0.3) is 0 Å². The highest BCUT2D eigenvalue weighted by Gasteiger charge is 2.24. The maximum absolute atomic E-state index is 12.0. The number of urea groups is 1. The molecule has 1 atom stereocenters. The Bertz CT molecular complexity index is 607. The Kier molecular flexibility index (Phi) is 6.45. The summed E-state index contributed by atoms with van der Waals surface area (Å²) in [5, 5.41) is 5.89. The molecule has 0 radical (unpaired) electrons. The molecule has 2 rings (SSSR count). The van der Waals surface area contributed by atoms with Crippen LogP contribution in [0.15, 0.2) is 18.2 Å². The van der Waals surface area contributed by atoms with Gasteiger partial charge in [0.2, 0.25) is 0 Å². The van der Waals surface area contributed by atoms with Crippen LogP contribution in [0.1, 0.15) is 30.6 Å². The van der Waals surface area contributed by atoms with Gasteiger partial charge in [0, 0.05) is 24.8 Å². The van der Waals surface area contributed by atoms with E-state index in [-0.39, 0.29) is 16.6 Å². The van der Waals surface area contributed by atoms with Crippen molar-refractivity contribution < 1.29 is 14.3 Å².